The fraction of sp³-hybridized carbons (Fsp3) is 0.278. The Kier molecular flexibility index (Phi) is 4.48. The van der Waals surface area contributed by atoms with E-state index in [1.807, 2.05) is 32.0 Å². The number of hydrogen-bond acceptors (Lipinski definition) is 3. The molecule has 0 fully saturated rings. The van der Waals surface area contributed by atoms with Crippen molar-refractivity contribution in [3.05, 3.63) is 47.2 Å². The van der Waals surface area contributed by atoms with Crippen LogP contribution in [0.4, 0.5) is 8.78 Å². The predicted octanol–water partition coefficient (Wildman–Crippen LogP) is 3.25. The molecule has 130 valence electrons. The average molecular weight is 344 g/mol. The number of amides is 1. The Morgan fingerprint density at radius 2 is 2.04 bits per heavy atom. The van der Waals surface area contributed by atoms with Crippen molar-refractivity contribution >= 4 is 16.9 Å². The number of alkyl halides is 2. The third-order valence-corrected chi connectivity index (χ3v) is 4.02. The summed E-state index contributed by atoms with van der Waals surface area (Å²) in [6.45, 7) is 3.27. The minimum atomic E-state index is -2.60. The van der Waals surface area contributed by atoms with Crippen molar-refractivity contribution in [3.63, 3.8) is 0 Å². The Morgan fingerprint density at radius 3 is 2.72 bits per heavy atom. The number of halogens is 2. The lowest BCUT2D eigenvalue weighted by molar-refractivity contribution is 0.0893. The molecule has 2 aromatic heterocycles. The second-order valence-corrected chi connectivity index (χ2v) is 5.98. The Balaban J connectivity index is 2.14. The largest absolute Gasteiger partial charge is 0.346 e. The van der Waals surface area contributed by atoms with E-state index in [1.54, 1.807) is 17.8 Å². The maximum atomic E-state index is 12.4. The van der Waals surface area contributed by atoms with Crippen LogP contribution >= 0.6 is 0 Å². The van der Waals surface area contributed by atoms with Gasteiger partial charge in [0.15, 0.2) is 5.65 Å². The topological polar surface area (TPSA) is 59.8 Å². The molecule has 0 spiro atoms. The van der Waals surface area contributed by atoms with Gasteiger partial charge in [-0.3, -0.25) is 9.48 Å². The van der Waals surface area contributed by atoms with Gasteiger partial charge in [-0.15, -0.1) is 0 Å². The molecule has 0 aliphatic heterocycles. The Bertz CT molecular complexity index is 950. The summed E-state index contributed by atoms with van der Waals surface area (Å²) in [5.74, 6) is -0.563. The minimum absolute atomic E-state index is 0.286. The molecule has 0 saturated heterocycles. The lowest BCUT2D eigenvalue weighted by Gasteiger charge is -2.11. The summed E-state index contributed by atoms with van der Waals surface area (Å²) in [6.07, 6.45) is -1.08. The maximum Gasteiger partial charge on any atom is 0.255 e. The van der Waals surface area contributed by atoms with E-state index in [0.29, 0.717) is 16.7 Å². The first-order valence-corrected chi connectivity index (χ1v) is 7.83. The second kappa shape index (κ2) is 6.58. The molecule has 0 radical (unpaired) electrons. The number of nitrogens with zero attached hydrogens (tertiary/aromatic N) is 3. The first-order chi connectivity index (χ1) is 11.9. The van der Waals surface area contributed by atoms with Crippen LogP contribution in [0.2, 0.25) is 0 Å². The lowest BCUT2D eigenvalue weighted by atomic mass is 10.0. The van der Waals surface area contributed by atoms with Crippen molar-refractivity contribution in [2.75, 3.05) is 6.54 Å². The number of pyridine rings is 1. The third kappa shape index (κ3) is 3.35. The van der Waals surface area contributed by atoms with Crippen LogP contribution in [0, 0.1) is 13.8 Å². The molecule has 0 aliphatic carbocycles. The zero-order chi connectivity index (χ0) is 18.1. The normalized spacial score (nSPS) is 11.3. The number of nitrogens with one attached hydrogen (secondary N) is 1. The number of carbonyl (C=O) groups excluding carboxylic acids is 1. The molecule has 1 amide bonds. The van der Waals surface area contributed by atoms with Crippen LogP contribution in [0.3, 0.4) is 0 Å². The summed E-state index contributed by atoms with van der Waals surface area (Å²) >= 11 is 0. The Labute approximate surface area is 143 Å². The van der Waals surface area contributed by atoms with Gasteiger partial charge in [0.2, 0.25) is 0 Å². The summed E-state index contributed by atoms with van der Waals surface area (Å²) in [5, 5.41) is 6.91. The van der Waals surface area contributed by atoms with E-state index in [-0.39, 0.29) is 5.56 Å². The smallest absolute Gasteiger partial charge is 0.255 e. The Hall–Kier alpha value is -2.83. The number of carbonyl (C=O) groups is 1. The number of benzene rings is 1. The highest BCUT2D eigenvalue weighted by molar-refractivity contribution is 6.06. The highest BCUT2D eigenvalue weighted by atomic mass is 19.3. The maximum absolute atomic E-state index is 12.4. The zero-order valence-electron chi connectivity index (χ0n) is 14.2. The van der Waals surface area contributed by atoms with Crippen molar-refractivity contribution in [2.45, 2.75) is 20.3 Å². The molecule has 0 bridgehead atoms. The molecule has 1 N–H and O–H groups in total. The van der Waals surface area contributed by atoms with Gasteiger partial charge in [0.1, 0.15) is 0 Å². The number of fused-ring (bicyclic) bond motifs is 1. The van der Waals surface area contributed by atoms with Crippen LogP contribution in [0.15, 0.2) is 30.5 Å². The van der Waals surface area contributed by atoms with Crippen LogP contribution in [-0.4, -0.2) is 33.6 Å². The van der Waals surface area contributed by atoms with Gasteiger partial charge in [-0.05, 0) is 25.5 Å². The zero-order valence-corrected chi connectivity index (χ0v) is 14.2. The van der Waals surface area contributed by atoms with Crippen molar-refractivity contribution in [1.29, 1.82) is 0 Å². The summed E-state index contributed by atoms with van der Waals surface area (Å²) in [4.78, 5) is 17.0. The van der Waals surface area contributed by atoms with E-state index in [0.717, 1.165) is 16.7 Å². The van der Waals surface area contributed by atoms with Gasteiger partial charge in [-0.25, -0.2) is 13.8 Å². The molecular formula is C18H18F2N4O. The molecule has 0 aliphatic rings. The van der Waals surface area contributed by atoms with Gasteiger partial charge >= 0.3 is 0 Å². The molecule has 3 aromatic rings. The highest BCUT2D eigenvalue weighted by Crippen LogP contribution is 2.27. The van der Waals surface area contributed by atoms with Crippen LogP contribution in [0.1, 0.15) is 21.5 Å². The van der Waals surface area contributed by atoms with E-state index >= 15 is 0 Å². The number of aromatic nitrogens is 3. The number of hydrogen-bond donors (Lipinski definition) is 1. The van der Waals surface area contributed by atoms with Gasteiger partial charge in [-0.2, -0.15) is 5.10 Å². The predicted molar refractivity (Wildman–Crippen MR) is 91.8 cm³/mol. The molecule has 3 rings (SSSR count). The summed E-state index contributed by atoms with van der Waals surface area (Å²) in [6, 6.07) is 7.56. The van der Waals surface area contributed by atoms with E-state index in [2.05, 4.69) is 15.4 Å². The molecular weight excluding hydrogens is 326 g/mol. The second-order valence-electron chi connectivity index (χ2n) is 5.98. The molecule has 2 heterocycles. The van der Waals surface area contributed by atoms with E-state index < -0.39 is 18.9 Å². The van der Waals surface area contributed by atoms with Crippen LogP contribution < -0.4 is 5.32 Å². The SMILES string of the molecule is Cc1ccc(-c2cc(C(=O)NCC(F)F)c3cnn(C)c3n2)c(C)c1. The first kappa shape index (κ1) is 17.0. The lowest BCUT2D eigenvalue weighted by Crippen LogP contribution is -2.28. The highest BCUT2D eigenvalue weighted by Gasteiger charge is 2.18. The van der Waals surface area contributed by atoms with Crippen LogP contribution in [0.25, 0.3) is 22.3 Å². The van der Waals surface area contributed by atoms with Gasteiger partial charge in [-0.1, -0.05) is 23.8 Å². The summed E-state index contributed by atoms with van der Waals surface area (Å²) < 4.78 is 26.4. The monoisotopic (exact) mass is 344 g/mol. The summed E-state index contributed by atoms with van der Waals surface area (Å²) in [5.41, 5.74) is 4.45. The van der Waals surface area contributed by atoms with Crippen molar-refractivity contribution in [3.8, 4) is 11.3 Å². The van der Waals surface area contributed by atoms with Gasteiger partial charge < -0.3 is 5.32 Å². The van der Waals surface area contributed by atoms with Crippen molar-refractivity contribution < 1.29 is 13.6 Å². The molecule has 0 saturated carbocycles. The van der Waals surface area contributed by atoms with Gasteiger partial charge in [0.05, 0.1) is 29.4 Å². The summed E-state index contributed by atoms with van der Waals surface area (Å²) in [7, 11) is 1.72. The fourth-order valence-corrected chi connectivity index (χ4v) is 2.81. The quantitative estimate of drug-likeness (QED) is 0.790. The van der Waals surface area contributed by atoms with E-state index in [4.69, 9.17) is 0 Å². The van der Waals surface area contributed by atoms with Gasteiger partial charge in [0.25, 0.3) is 12.3 Å². The molecule has 7 heteroatoms. The first-order valence-electron chi connectivity index (χ1n) is 7.83. The standard InChI is InChI=1S/C18H18F2N4O/c1-10-4-5-12(11(2)6-10)15-7-13(18(25)21-9-16(19)20)14-8-22-24(3)17(14)23-15/h4-8,16H,9H2,1-3H3,(H,21,25). The Morgan fingerprint density at radius 1 is 1.28 bits per heavy atom. The molecule has 0 unspecified atom stereocenters. The minimum Gasteiger partial charge on any atom is -0.346 e. The van der Waals surface area contributed by atoms with Crippen LogP contribution in [0.5, 0.6) is 0 Å². The fourth-order valence-electron chi connectivity index (χ4n) is 2.81. The number of rotatable bonds is 4. The van der Waals surface area contributed by atoms with Crippen LogP contribution in [-0.2, 0) is 7.05 Å². The van der Waals surface area contributed by atoms with Crippen molar-refractivity contribution in [2.24, 2.45) is 7.05 Å². The van der Waals surface area contributed by atoms with Gasteiger partial charge in [0, 0.05) is 12.6 Å². The van der Waals surface area contributed by atoms with E-state index in [1.165, 1.54) is 6.20 Å². The van der Waals surface area contributed by atoms with Crippen molar-refractivity contribution in [1.82, 2.24) is 20.1 Å². The van der Waals surface area contributed by atoms with E-state index in [9.17, 15) is 13.6 Å². The third-order valence-electron chi connectivity index (χ3n) is 4.02. The average Bonchev–Trinajstić information content (AvgIpc) is 2.93. The molecule has 5 nitrogen and oxygen atoms in total. The molecule has 25 heavy (non-hydrogen) atoms. The number of aryl methyl sites for hydroxylation is 3. The molecule has 1 aromatic carbocycles. The molecule has 0 atom stereocenters.